The third kappa shape index (κ3) is 2.45. The van der Waals surface area contributed by atoms with Crippen LogP contribution in [0.25, 0.3) is 11.4 Å². The summed E-state index contributed by atoms with van der Waals surface area (Å²) in [6, 6.07) is 8.79. The number of hydrogen-bond acceptors (Lipinski definition) is 2. The first-order valence-electron chi connectivity index (χ1n) is 6.89. The summed E-state index contributed by atoms with van der Waals surface area (Å²) in [4.78, 5) is 4.18. The fraction of sp³-hybridized carbons (Fsp3) is 0.467. The minimum absolute atomic E-state index is 0.758. The molecule has 18 heavy (non-hydrogen) atoms. The fourth-order valence-corrected chi connectivity index (χ4v) is 2.87. The molecule has 94 valence electrons. The highest BCUT2D eigenvalue weighted by atomic mass is 15.2. The molecule has 1 N–H and O–H groups in total. The largest absolute Gasteiger partial charge is 0.265 e. The van der Waals surface area contributed by atoms with Crippen LogP contribution in [0.4, 0.5) is 0 Å². The summed E-state index contributed by atoms with van der Waals surface area (Å²) in [7, 11) is 0. The van der Waals surface area contributed by atoms with E-state index in [4.69, 9.17) is 0 Å². The summed E-state index contributed by atoms with van der Waals surface area (Å²) in [6.45, 7) is 0. The molecule has 1 fully saturated rings. The molecule has 1 heterocycles. The van der Waals surface area contributed by atoms with Crippen LogP contribution in [0, 0.1) is 0 Å². The van der Waals surface area contributed by atoms with Crippen molar-refractivity contribution in [3.05, 3.63) is 36.2 Å². The summed E-state index contributed by atoms with van der Waals surface area (Å²) in [5.74, 6) is 1.54. The lowest BCUT2D eigenvalue weighted by atomic mass is 9.91. The maximum atomic E-state index is 4.18. The zero-order valence-electron chi connectivity index (χ0n) is 10.6. The average molecular weight is 241 g/mol. The van der Waals surface area contributed by atoms with E-state index in [2.05, 4.69) is 39.4 Å². The first kappa shape index (κ1) is 11.5. The molecule has 0 atom stereocenters. The van der Waals surface area contributed by atoms with E-state index in [0.717, 1.165) is 17.3 Å². The molecule has 3 nitrogen and oxygen atoms in total. The summed E-state index contributed by atoms with van der Waals surface area (Å²) < 4.78 is 0. The number of nitrogens with one attached hydrogen (secondary N) is 1. The van der Waals surface area contributed by atoms with Gasteiger partial charge in [-0.1, -0.05) is 49.9 Å². The van der Waals surface area contributed by atoms with Crippen LogP contribution < -0.4 is 0 Å². The average Bonchev–Trinajstić information content (AvgIpc) is 2.82. The molecular weight excluding hydrogens is 222 g/mol. The van der Waals surface area contributed by atoms with Crippen molar-refractivity contribution >= 4 is 0 Å². The van der Waals surface area contributed by atoms with Gasteiger partial charge in [-0.3, -0.25) is 5.10 Å². The van der Waals surface area contributed by atoms with Crippen molar-refractivity contribution in [2.75, 3.05) is 0 Å². The van der Waals surface area contributed by atoms with Gasteiger partial charge in [0.2, 0.25) is 0 Å². The van der Waals surface area contributed by atoms with Crippen LogP contribution >= 0.6 is 0 Å². The lowest BCUT2D eigenvalue weighted by Gasteiger charge is -2.14. The Morgan fingerprint density at radius 2 is 1.67 bits per heavy atom. The van der Waals surface area contributed by atoms with E-state index in [1.165, 1.54) is 44.1 Å². The van der Waals surface area contributed by atoms with E-state index in [9.17, 15) is 0 Å². The van der Waals surface area contributed by atoms with Gasteiger partial charge >= 0.3 is 0 Å². The zero-order chi connectivity index (χ0) is 12.2. The minimum atomic E-state index is 0.758. The molecule has 1 aliphatic rings. The van der Waals surface area contributed by atoms with Crippen molar-refractivity contribution in [2.45, 2.75) is 44.4 Å². The van der Waals surface area contributed by atoms with Gasteiger partial charge in [0.25, 0.3) is 0 Å². The van der Waals surface area contributed by atoms with Gasteiger partial charge in [-0.2, -0.15) is 5.10 Å². The summed E-state index contributed by atoms with van der Waals surface area (Å²) in [5.41, 5.74) is 2.57. The predicted octanol–water partition coefficient (Wildman–Crippen LogP) is 3.91. The van der Waals surface area contributed by atoms with Crippen molar-refractivity contribution in [1.29, 1.82) is 0 Å². The normalized spacial score (nSPS) is 17.6. The molecule has 0 spiro atoms. The third-order valence-electron chi connectivity index (χ3n) is 3.91. The van der Waals surface area contributed by atoms with Crippen LogP contribution in [0.3, 0.4) is 0 Å². The van der Waals surface area contributed by atoms with Crippen LogP contribution in [0.5, 0.6) is 0 Å². The van der Waals surface area contributed by atoms with Gasteiger partial charge in [-0.05, 0) is 24.3 Å². The highest BCUT2D eigenvalue weighted by Crippen LogP contribution is 2.32. The Balaban J connectivity index is 1.78. The molecule has 1 aromatic carbocycles. The van der Waals surface area contributed by atoms with Gasteiger partial charge in [0.15, 0.2) is 5.82 Å². The van der Waals surface area contributed by atoms with E-state index in [1.807, 2.05) is 0 Å². The zero-order valence-corrected chi connectivity index (χ0v) is 10.6. The molecule has 2 aromatic rings. The second-order valence-electron chi connectivity index (χ2n) is 5.13. The maximum Gasteiger partial charge on any atom is 0.180 e. The Kier molecular flexibility index (Phi) is 3.40. The van der Waals surface area contributed by atoms with Gasteiger partial charge in [0.05, 0.1) is 0 Å². The molecule has 0 radical (unpaired) electrons. The van der Waals surface area contributed by atoms with Gasteiger partial charge < -0.3 is 0 Å². The van der Waals surface area contributed by atoms with Gasteiger partial charge in [-0.15, -0.1) is 0 Å². The van der Waals surface area contributed by atoms with Crippen molar-refractivity contribution in [2.24, 2.45) is 0 Å². The van der Waals surface area contributed by atoms with Crippen LogP contribution in [0.1, 0.15) is 50.0 Å². The number of H-pyrrole nitrogens is 1. The summed E-state index contributed by atoms with van der Waals surface area (Å²) >= 11 is 0. The number of rotatable bonds is 2. The van der Waals surface area contributed by atoms with E-state index in [0.29, 0.717) is 0 Å². The maximum absolute atomic E-state index is 4.18. The van der Waals surface area contributed by atoms with Crippen LogP contribution in [0.2, 0.25) is 0 Å². The highest BCUT2D eigenvalue weighted by Gasteiger charge is 2.14. The predicted molar refractivity (Wildman–Crippen MR) is 72.3 cm³/mol. The molecule has 0 amide bonds. The number of aromatic amines is 1. The molecular formula is C15H19N3. The van der Waals surface area contributed by atoms with Crippen molar-refractivity contribution < 1.29 is 0 Å². The molecule has 1 saturated carbocycles. The fourth-order valence-electron chi connectivity index (χ4n) is 2.87. The Labute approximate surface area is 108 Å². The van der Waals surface area contributed by atoms with Crippen molar-refractivity contribution in [3.63, 3.8) is 0 Å². The topological polar surface area (TPSA) is 41.6 Å². The van der Waals surface area contributed by atoms with Gasteiger partial charge in [0.1, 0.15) is 6.33 Å². The number of aromatic nitrogens is 3. The monoisotopic (exact) mass is 241 g/mol. The molecule has 3 rings (SSSR count). The molecule has 3 heteroatoms. The van der Waals surface area contributed by atoms with Crippen LogP contribution in [0.15, 0.2) is 30.6 Å². The molecule has 1 aliphatic carbocycles. The second-order valence-corrected chi connectivity index (χ2v) is 5.13. The quantitative estimate of drug-likeness (QED) is 0.810. The van der Waals surface area contributed by atoms with E-state index in [-0.39, 0.29) is 0 Å². The van der Waals surface area contributed by atoms with Crippen LogP contribution in [-0.2, 0) is 0 Å². The number of benzene rings is 1. The Morgan fingerprint density at radius 1 is 0.944 bits per heavy atom. The SMILES string of the molecule is c1nc(-c2ccc(C3CCCCCC3)cc2)n[nH]1. The van der Waals surface area contributed by atoms with Crippen molar-refractivity contribution in [3.8, 4) is 11.4 Å². The lowest BCUT2D eigenvalue weighted by Crippen LogP contribution is -1.97. The summed E-state index contributed by atoms with van der Waals surface area (Å²) in [5, 5.41) is 6.86. The molecule has 0 unspecified atom stereocenters. The van der Waals surface area contributed by atoms with Gasteiger partial charge in [-0.25, -0.2) is 4.98 Å². The molecule has 1 aromatic heterocycles. The molecule has 0 bridgehead atoms. The van der Waals surface area contributed by atoms with Crippen molar-refractivity contribution in [1.82, 2.24) is 15.2 Å². The molecule has 0 saturated heterocycles. The van der Waals surface area contributed by atoms with E-state index in [1.54, 1.807) is 6.33 Å². The lowest BCUT2D eigenvalue weighted by molar-refractivity contribution is 0.592. The highest BCUT2D eigenvalue weighted by molar-refractivity contribution is 5.54. The Bertz CT molecular complexity index is 465. The Hall–Kier alpha value is -1.64. The second kappa shape index (κ2) is 5.34. The first-order valence-corrected chi connectivity index (χ1v) is 6.89. The molecule has 0 aliphatic heterocycles. The summed E-state index contributed by atoms with van der Waals surface area (Å²) in [6.07, 6.45) is 9.90. The smallest absolute Gasteiger partial charge is 0.180 e. The third-order valence-corrected chi connectivity index (χ3v) is 3.91. The minimum Gasteiger partial charge on any atom is -0.265 e. The Morgan fingerprint density at radius 3 is 2.28 bits per heavy atom. The first-order chi connectivity index (χ1) is 8.93. The number of nitrogens with zero attached hydrogens (tertiary/aromatic N) is 2. The van der Waals surface area contributed by atoms with Gasteiger partial charge in [0, 0.05) is 5.56 Å². The van der Waals surface area contributed by atoms with Crippen LogP contribution in [-0.4, -0.2) is 15.2 Å². The van der Waals surface area contributed by atoms with E-state index >= 15 is 0 Å². The number of hydrogen-bond donors (Lipinski definition) is 1. The standard InChI is InChI=1S/C15H19N3/c1-2-4-6-12(5-3-1)13-7-9-14(10-8-13)15-16-11-17-18-15/h7-12H,1-6H2,(H,16,17,18). The van der Waals surface area contributed by atoms with E-state index < -0.39 is 0 Å².